The minimum absolute atomic E-state index is 0.497. The van der Waals surface area contributed by atoms with E-state index in [2.05, 4.69) is 0 Å². The molecule has 2 atom stereocenters. The number of thiophene rings is 1. The van der Waals surface area contributed by atoms with E-state index in [-0.39, 0.29) is 0 Å². The maximum absolute atomic E-state index is 11.1. The zero-order valence-corrected chi connectivity index (χ0v) is 8.93. The van der Waals surface area contributed by atoms with Crippen LogP contribution in [0.4, 0.5) is 0 Å². The molecule has 2 rings (SSSR count). The molecule has 76 valence electrons. The van der Waals surface area contributed by atoms with Crippen molar-refractivity contribution in [3.05, 3.63) is 22.4 Å². The van der Waals surface area contributed by atoms with Gasteiger partial charge in [-0.15, -0.1) is 11.3 Å². The van der Waals surface area contributed by atoms with E-state index >= 15 is 0 Å². The van der Waals surface area contributed by atoms with Crippen molar-refractivity contribution in [3.63, 3.8) is 0 Å². The number of aliphatic carboxylic acids is 1. The number of carbonyl (C=O) groups is 1. The Hall–Kier alpha value is -0.870. The number of carboxylic acids is 1. The molecular weight excluding hydrogens is 200 g/mol. The molecule has 0 bridgehead atoms. The zero-order chi connectivity index (χ0) is 10.4. The van der Waals surface area contributed by atoms with Crippen LogP contribution in [-0.2, 0) is 15.1 Å². The molecule has 0 radical (unpaired) electrons. The van der Waals surface area contributed by atoms with Gasteiger partial charge in [-0.1, -0.05) is 13.0 Å². The van der Waals surface area contributed by atoms with E-state index in [0.717, 1.165) is 4.88 Å². The van der Waals surface area contributed by atoms with Gasteiger partial charge in [0.1, 0.15) is 5.60 Å². The summed E-state index contributed by atoms with van der Waals surface area (Å²) in [5, 5.41) is 11.1. The van der Waals surface area contributed by atoms with Crippen LogP contribution < -0.4 is 0 Å². The van der Waals surface area contributed by atoms with E-state index < -0.39 is 17.2 Å². The summed E-state index contributed by atoms with van der Waals surface area (Å²) in [5.41, 5.74) is -1.63. The smallest absolute Gasteiger partial charge is 0.339 e. The second-order valence-corrected chi connectivity index (χ2v) is 4.55. The third-order valence-electron chi connectivity index (χ3n) is 2.94. The summed E-state index contributed by atoms with van der Waals surface area (Å²) in [5.74, 6) is -0.865. The molecule has 0 spiro atoms. The molecule has 0 saturated carbocycles. The molecule has 2 unspecified atom stereocenters. The van der Waals surface area contributed by atoms with E-state index in [9.17, 15) is 4.79 Å². The van der Waals surface area contributed by atoms with Crippen molar-refractivity contribution >= 4 is 17.3 Å². The molecule has 1 saturated heterocycles. The van der Waals surface area contributed by atoms with Crippen LogP contribution >= 0.6 is 11.3 Å². The molecular formula is C10H12O3S. The number of epoxide rings is 1. The molecule has 1 aliphatic heterocycles. The fraction of sp³-hybridized carbons (Fsp3) is 0.500. The predicted octanol–water partition coefficient (Wildman–Crippen LogP) is 2.23. The fourth-order valence-corrected chi connectivity index (χ4v) is 2.82. The monoisotopic (exact) mass is 212 g/mol. The lowest BCUT2D eigenvalue weighted by atomic mass is 9.90. The number of hydrogen-bond acceptors (Lipinski definition) is 3. The average molecular weight is 212 g/mol. The molecule has 0 amide bonds. The van der Waals surface area contributed by atoms with Crippen LogP contribution in [0.5, 0.6) is 0 Å². The third kappa shape index (κ3) is 0.980. The number of carboxylic acid groups (broad SMARTS) is 1. The topological polar surface area (TPSA) is 49.8 Å². The van der Waals surface area contributed by atoms with Gasteiger partial charge in [0.15, 0.2) is 5.60 Å². The van der Waals surface area contributed by atoms with E-state index in [1.54, 1.807) is 0 Å². The molecule has 4 heteroatoms. The maximum Gasteiger partial charge on any atom is 0.339 e. The Labute approximate surface area is 86.3 Å². The highest BCUT2D eigenvalue weighted by Gasteiger charge is 2.72. The third-order valence-corrected chi connectivity index (χ3v) is 4.01. The lowest BCUT2D eigenvalue weighted by molar-refractivity contribution is -0.143. The number of hydrogen-bond donors (Lipinski definition) is 1. The van der Waals surface area contributed by atoms with Crippen LogP contribution in [0.15, 0.2) is 17.5 Å². The van der Waals surface area contributed by atoms with E-state index in [1.165, 1.54) is 11.3 Å². The van der Waals surface area contributed by atoms with Gasteiger partial charge in [0.2, 0.25) is 0 Å². The first-order chi connectivity index (χ1) is 6.57. The van der Waals surface area contributed by atoms with Gasteiger partial charge in [-0.05, 0) is 24.8 Å². The van der Waals surface area contributed by atoms with Crippen molar-refractivity contribution in [1.29, 1.82) is 0 Å². The van der Waals surface area contributed by atoms with Gasteiger partial charge in [-0.2, -0.15) is 0 Å². The van der Waals surface area contributed by atoms with Gasteiger partial charge in [-0.25, -0.2) is 4.79 Å². The predicted molar refractivity (Wildman–Crippen MR) is 53.4 cm³/mol. The van der Waals surface area contributed by atoms with Crippen LogP contribution in [0.2, 0.25) is 0 Å². The lowest BCUT2D eigenvalue weighted by Gasteiger charge is -2.08. The van der Waals surface area contributed by atoms with Crippen molar-refractivity contribution in [2.45, 2.75) is 31.5 Å². The largest absolute Gasteiger partial charge is 0.479 e. The second-order valence-electron chi connectivity index (χ2n) is 3.60. The molecule has 1 N–H and O–H groups in total. The second kappa shape index (κ2) is 2.81. The normalized spacial score (nSPS) is 35.6. The number of rotatable bonds is 3. The minimum Gasteiger partial charge on any atom is -0.479 e. The first-order valence-corrected chi connectivity index (χ1v) is 5.42. The summed E-state index contributed by atoms with van der Waals surface area (Å²) in [6, 6.07) is 3.83. The molecule has 1 aliphatic rings. The van der Waals surface area contributed by atoms with Crippen molar-refractivity contribution in [2.24, 2.45) is 0 Å². The first kappa shape index (κ1) is 9.68. The Morgan fingerprint density at radius 1 is 1.71 bits per heavy atom. The molecule has 14 heavy (non-hydrogen) atoms. The molecule has 1 aromatic rings. The summed E-state index contributed by atoms with van der Waals surface area (Å²) in [7, 11) is 0. The van der Waals surface area contributed by atoms with Crippen molar-refractivity contribution in [2.75, 3.05) is 0 Å². The minimum atomic E-state index is -1.00. The average Bonchev–Trinajstić information content (AvgIpc) is 2.59. The Morgan fingerprint density at radius 2 is 2.43 bits per heavy atom. The van der Waals surface area contributed by atoms with Crippen LogP contribution in [0, 0.1) is 0 Å². The quantitative estimate of drug-likeness (QED) is 0.781. The Morgan fingerprint density at radius 3 is 2.79 bits per heavy atom. The van der Waals surface area contributed by atoms with Crippen LogP contribution in [0.25, 0.3) is 0 Å². The Bertz CT molecular complexity index is 359. The summed E-state index contributed by atoms with van der Waals surface area (Å²) >= 11 is 1.54. The van der Waals surface area contributed by atoms with Gasteiger partial charge in [-0.3, -0.25) is 0 Å². The maximum atomic E-state index is 11.1. The van der Waals surface area contributed by atoms with Gasteiger partial charge >= 0.3 is 5.97 Å². The highest BCUT2D eigenvalue weighted by atomic mass is 32.1. The highest BCUT2D eigenvalue weighted by Crippen LogP contribution is 2.58. The van der Waals surface area contributed by atoms with Gasteiger partial charge in [0.05, 0.1) is 0 Å². The van der Waals surface area contributed by atoms with Gasteiger partial charge in [0.25, 0.3) is 0 Å². The molecule has 1 fully saturated rings. The molecule has 1 aromatic heterocycles. The van der Waals surface area contributed by atoms with Crippen molar-refractivity contribution < 1.29 is 14.6 Å². The summed E-state index contributed by atoms with van der Waals surface area (Å²) in [6.07, 6.45) is 0.497. The standard InChI is InChI=1S/C10H12O3S/c1-3-10(8(11)12)9(2,13-10)7-5-4-6-14-7/h4-6H,3H2,1-2H3,(H,11,12). The van der Waals surface area contributed by atoms with Crippen molar-refractivity contribution in [1.82, 2.24) is 0 Å². The molecule has 3 nitrogen and oxygen atoms in total. The Balaban J connectivity index is 2.35. The summed E-state index contributed by atoms with van der Waals surface area (Å²) in [6.45, 7) is 3.68. The SMILES string of the molecule is CCC1(C(=O)O)OC1(C)c1cccs1. The molecule has 0 aliphatic carbocycles. The number of ether oxygens (including phenoxy) is 1. The Kier molecular flexibility index (Phi) is 1.94. The fourth-order valence-electron chi connectivity index (χ4n) is 1.93. The van der Waals surface area contributed by atoms with Gasteiger partial charge in [0, 0.05) is 4.88 Å². The summed E-state index contributed by atoms with van der Waals surface area (Å²) in [4.78, 5) is 12.1. The van der Waals surface area contributed by atoms with Gasteiger partial charge < -0.3 is 9.84 Å². The first-order valence-electron chi connectivity index (χ1n) is 4.54. The van der Waals surface area contributed by atoms with Crippen LogP contribution in [0.1, 0.15) is 25.1 Å². The van der Waals surface area contributed by atoms with E-state index in [4.69, 9.17) is 9.84 Å². The van der Waals surface area contributed by atoms with E-state index in [1.807, 2.05) is 31.4 Å². The van der Waals surface area contributed by atoms with Crippen molar-refractivity contribution in [3.8, 4) is 0 Å². The summed E-state index contributed by atoms with van der Waals surface area (Å²) < 4.78 is 5.46. The van der Waals surface area contributed by atoms with Crippen LogP contribution in [0.3, 0.4) is 0 Å². The molecule has 2 heterocycles. The zero-order valence-electron chi connectivity index (χ0n) is 8.11. The highest BCUT2D eigenvalue weighted by molar-refractivity contribution is 7.10. The molecule has 0 aromatic carbocycles. The van der Waals surface area contributed by atoms with Crippen LogP contribution in [-0.4, -0.2) is 16.7 Å². The lowest BCUT2D eigenvalue weighted by Crippen LogP contribution is -2.30. The van der Waals surface area contributed by atoms with E-state index in [0.29, 0.717) is 6.42 Å².